The summed E-state index contributed by atoms with van der Waals surface area (Å²) in [6.07, 6.45) is 2.80. The van der Waals surface area contributed by atoms with Crippen molar-refractivity contribution in [3.8, 4) is 0 Å². The third kappa shape index (κ3) is 4.03. The van der Waals surface area contributed by atoms with Crippen molar-refractivity contribution in [2.45, 2.75) is 44.4 Å². The average molecular weight is 231 g/mol. The lowest BCUT2D eigenvalue weighted by Gasteiger charge is -2.23. The van der Waals surface area contributed by atoms with Crippen LogP contribution in [0.3, 0.4) is 0 Å². The highest BCUT2D eigenvalue weighted by Gasteiger charge is 2.25. The minimum absolute atomic E-state index is 0.115. The summed E-state index contributed by atoms with van der Waals surface area (Å²) in [4.78, 5) is 11.8. The molecule has 0 bridgehead atoms. The van der Waals surface area contributed by atoms with Crippen LogP contribution < -0.4 is 5.32 Å². The second kappa shape index (κ2) is 6.38. The number of hydrogen-bond acceptors (Lipinski definition) is 3. The van der Waals surface area contributed by atoms with Gasteiger partial charge in [-0.05, 0) is 30.9 Å². The summed E-state index contributed by atoms with van der Waals surface area (Å²) in [7, 11) is 0. The molecule has 0 aromatic rings. The number of aliphatic hydroxyl groups is 1. The Morgan fingerprint density at radius 1 is 1.60 bits per heavy atom. The molecule has 0 radical (unpaired) electrons. The second-order valence-electron chi connectivity index (χ2n) is 4.37. The van der Waals surface area contributed by atoms with Gasteiger partial charge in [-0.15, -0.1) is 11.8 Å². The van der Waals surface area contributed by atoms with Gasteiger partial charge in [0.1, 0.15) is 0 Å². The third-order valence-electron chi connectivity index (χ3n) is 2.79. The van der Waals surface area contributed by atoms with Gasteiger partial charge in [0.25, 0.3) is 0 Å². The Kier molecular flexibility index (Phi) is 5.47. The lowest BCUT2D eigenvalue weighted by Crippen LogP contribution is -2.42. The van der Waals surface area contributed by atoms with E-state index in [1.54, 1.807) is 11.8 Å². The highest BCUT2D eigenvalue weighted by Crippen LogP contribution is 2.26. The van der Waals surface area contributed by atoms with Gasteiger partial charge in [-0.3, -0.25) is 4.79 Å². The van der Waals surface area contributed by atoms with Gasteiger partial charge in [-0.25, -0.2) is 0 Å². The smallest absolute Gasteiger partial charge is 0.233 e. The van der Waals surface area contributed by atoms with Crippen LogP contribution in [-0.4, -0.2) is 34.7 Å². The summed E-state index contributed by atoms with van der Waals surface area (Å²) in [6.45, 7) is 4.28. The van der Waals surface area contributed by atoms with Crippen LogP contribution >= 0.6 is 11.8 Å². The molecule has 88 valence electrons. The Morgan fingerprint density at radius 3 is 2.80 bits per heavy atom. The molecule has 1 heterocycles. The average Bonchev–Trinajstić information content (AvgIpc) is 2.69. The number of amides is 1. The summed E-state index contributed by atoms with van der Waals surface area (Å²) in [6, 6.07) is 0.115. The number of nitrogens with one attached hydrogen (secondary N) is 1. The fourth-order valence-electron chi connectivity index (χ4n) is 1.77. The fourth-order valence-corrected chi connectivity index (χ4v) is 2.94. The number of carbonyl (C=O) groups is 1. The van der Waals surface area contributed by atoms with Crippen LogP contribution in [-0.2, 0) is 4.79 Å². The van der Waals surface area contributed by atoms with Gasteiger partial charge < -0.3 is 10.4 Å². The van der Waals surface area contributed by atoms with Gasteiger partial charge in [0, 0.05) is 12.6 Å². The molecule has 0 aromatic heterocycles. The Hall–Kier alpha value is -0.220. The van der Waals surface area contributed by atoms with Gasteiger partial charge in [0.2, 0.25) is 5.91 Å². The van der Waals surface area contributed by atoms with E-state index >= 15 is 0 Å². The molecule has 3 nitrogen and oxygen atoms in total. The molecule has 1 rings (SSSR count). The standard InChI is InChI=1S/C11H21NO2S/c1-8(2)9(5-6-13)12-11(14)10-4-3-7-15-10/h8-10,13H,3-7H2,1-2H3,(H,12,14). The van der Waals surface area contributed by atoms with Gasteiger partial charge in [-0.2, -0.15) is 0 Å². The summed E-state index contributed by atoms with van der Waals surface area (Å²) in [5.41, 5.74) is 0. The van der Waals surface area contributed by atoms with Gasteiger partial charge in [0.05, 0.1) is 5.25 Å². The highest BCUT2D eigenvalue weighted by atomic mass is 32.2. The first-order chi connectivity index (χ1) is 7.15. The quantitative estimate of drug-likeness (QED) is 0.752. The lowest BCUT2D eigenvalue weighted by atomic mass is 10.0. The van der Waals surface area contributed by atoms with E-state index in [0.29, 0.717) is 12.3 Å². The molecular formula is C11H21NO2S. The number of thioether (sulfide) groups is 1. The van der Waals surface area contributed by atoms with Crippen LogP contribution in [0, 0.1) is 5.92 Å². The molecule has 1 amide bonds. The Morgan fingerprint density at radius 2 is 2.33 bits per heavy atom. The van der Waals surface area contributed by atoms with Crippen molar-refractivity contribution in [2.75, 3.05) is 12.4 Å². The van der Waals surface area contributed by atoms with Crippen LogP contribution in [0.15, 0.2) is 0 Å². The first kappa shape index (κ1) is 12.8. The Labute approximate surface area is 96.0 Å². The molecule has 0 spiro atoms. The zero-order valence-electron chi connectivity index (χ0n) is 9.53. The molecule has 15 heavy (non-hydrogen) atoms. The maximum absolute atomic E-state index is 11.8. The zero-order chi connectivity index (χ0) is 11.3. The van der Waals surface area contributed by atoms with Crippen LogP contribution in [0.2, 0.25) is 0 Å². The zero-order valence-corrected chi connectivity index (χ0v) is 10.3. The molecule has 2 unspecified atom stereocenters. The topological polar surface area (TPSA) is 49.3 Å². The summed E-state index contributed by atoms with van der Waals surface area (Å²) in [5.74, 6) is 1.64. The number of aliphatic hydroxyl groups excluding tert-OH is 1. The highest BCUT2D eigenvalue weighted by molar-refractivity contribution is 8.00. The third-order valence-corrected chi connectivity index (χ3v) is 4.17. The molecular weight excluding hydrogens is 210 g/mol. The van der Waals surface area contributed by atoms with Crippen molar-refractivity contribution in [3.05, 3.63) is 0 Å². The van der Waals surface area contributed by atoms with Crippen LogP contribution in [0.5, 0.6) is 0 Å². The van der Waals surface area contributed by atoms with E-state index in [0.717, 1.165) is 18.6 Å². The Bertz CT molecular complexity index is 203. The van der Waals surface area contributed by atoms with E-state index in [-0.39, 0.29) is 23.8 Å². The minimum Gasteiger partial charge on any atom is -0.396 e. The number of hydrogen-bond donors (Lipinski definition) is 2. The molecule has 1 aliphatic heterocycles. The first-order valence-corrected chi connectivity index (χ1v) is 6.73. The fraction of sp³-hybridized carbons (Fsp3) is 0.909. The van der Waals surface area contributed by atoms with Gasteiger partial charge >= 0.3 is 0 Å². The molecule has 1 aliphatic rings. The monoisotopic (exact) mass is 231 g/mol. The van der Waals surface area contributed by atoms with Crippen molar-refractivity contribution in [2.24, 2.45) is 5.92 Å². The van der Waals surface area contributed by atoms with E-state index in [1.165, 1.54) is 0 Å². The molecule has 0 aromatic carbocycles. The molecule has 4 heteroatoms. The van der Waals surface area contributed by atoms with E-state index in [9.17, 15) is 4.79 Å². The predicted octanol–water partition coefficient (Wildman–Crippen LogP) is 1.41. The van der Waals surface area contributed by atoms with E-state index in [1.807, 2.05) is 0 Å². The number of rotatable bonds is 5. The number of carbonyl (C=O) groups excluding carboxylic acids is 1. The SMILES string of the molecule is CC(C)C(CCO)NC(=O)C1CCCS1. The van der Waals surface area contributed by atoms with Crippen molar-refractivity contribution in [3.63, 3.8) is 0 Å². The first-order valence-electron chi connectivity index (χ1n) is 5.68. The molecule has 1 fully saturated rings. The molecule has 2 atom stereocenters. The largest absolute Gasteiger partial charge is 0.396 e. The van der Waals surface area contributed by atoms with Crippen molar-refractivity contribution >= 4 is 17.7 Å². The van der Waals surface area contributed by atoms with E-state index < -0.39 is 0 Å². The van der Waals surface area contributed by atoms with Gasteiger partial charge in [-0.1, -0.05) is 13.8 Å². The maximum Gasteiger partial charge on any atom is 0.233 e. The van der Waals surface area contributed by atoms with Crippen LogP contribution in [0.25, 0.3) is 0 Å². The summed E-state index contributed by atoms with van der Waals surface area (Å²) >= 11 is 1.75. The maximum atomic E-state index is 11.8. The predicted molar refractivity (Wildman–Crippen MR) is 64.0 cm³/mol. The summed E-state index contributed by atoms with van der Waals surface area (Å²) < 4.78 is 0. The van der Waals surface area contributed by atoms with Crippen LogP contribution in [0.4, 0.5) is 0 Å². The molecule has 0 saturated carbocycles. The molecule has 1 saturated heterocycles. The van der Waals surface area contributed by atoms with Gasteiger partial charge in [0.15, 0.2) is 0 Å². The van der Waals surface area contributed by atoms with Crippen molar-refractivity contribution in [1.29, 1.82) is 0 Å². The normalized spacial score (nSPS) is 23.1. The van der Waals surface area contributed by atoms with E-state index in [2.05, 4.69) is 19.2 Å². The summed E-state index contributed by atoms with van der Waals surface area (Å²) in [5, 5.41) is 12.1. The Balaban J connectivity index is 2.38. The van der Waals surface area contributed by atoms with Crippen LogP contribution in [0.1, 0.15) is 33.1 Å². The molecule has 2 N–H and O–H groups in total. The molecule has 0 aliphatic carbocycles. The van der Waals surface area contributed by atoms with E-state index in [4.69, 9.17) is 5.11 Å². The second-order valence-corrected chi connectivity index (χ2v) is 5.68. The van der Waals surface area contributed by atoms with Crippen molar-refractivity contribution in [1.82, 2.24) is 5.32 Å². The minimum atomic E-state index is 0.115. The lowest BCUT2D eigenvalue weighted by molar-refractivity contribution is -0.121. The van der Waals surface area contributed by atoms with Crippen molar-refractivity contribution < 1.29 is 9.90 Å².